The summed E-state index contributed by atoms with van der Waals surface area (Å²) >= 11 is 0. The predicted molar refractivity (Wildman–Crippen MR) is 71.8 cm³/mol. The first-order chi connectivity index (χ1) is 9.57. The van der Waals surface area contributed by atoms with Gasteiger partial charge in [-0.2, -0.15) is 0 Å². The summed E-state index contributed by atoms with van der Waals surface area (Å²) in [5.74, 6) is -0.0256. The maximum absolute atomic E-state index is 13.2. The number of ether oxygens (including phenoxy) is 1. The molecule has 0 fully saturated rings. The Morgan fingerprint density at radius 2 is 1.85 bits per heavy atom. The Labute approximate surface area is 116 Å². The Morgan fingerprint density at radius 1 is 1.05 bits per heavy atom. The van der Waals surface area contributed by atoms with Crippen molar-refractivity contribution in [1.82, 2.24) is 0 Å². The van der Waals surface area contributed by atoms with Gasteiger partial charge in [0.2, 0.25) is 9.84 Å². The highest BCUT2D eigenvalue weighted by molar-refractivity contribution is 7.91. The molecule has 1 aliphatic heterocycles. The third-order valence-electron chi connectivity index (χ3n) is 3.14. The fraction of sp³-hybridized carbons (Fsp3) is 0.133. The minimum Gasteiger partial charge on any atom is -0.493 e. The maximum atomic E-state index is 13.2. The highest BCUT2D eigenvalue weighted by Gasteiger charge is 2.21. The number of fused-ring (bicyclic) bond motifs is 1. The van der Waals surface area contributed by atoms with Crippen LogP contribution >= 0.6 is 0 Å². The van der Waals surface area contributed by atoms with E-state index in [1.165, 1.54) is 30.3 Å². The SMILES string of the molecule is O=S(=O)(c1cccc(F)c1)c1ccc2c(c1)OCC[CH]2. The second-order valence-corrected chi connectivity index (χ2v) is 6.45. The normalized spacial score (nSPS) is 14.4. The molecule has 0 aliphatic carbocycles. The van der Waals surface area contributed by atoms with Crippen molar-refractivity contribution in [3.05, 3.63) is 60.3 Å². The zero-order chi connectivity index (χ0) is 14.2. The highest BCUT2D eigenvalue weighted by atomic mass is 32.2. The molecule has 3 rings (SSSR count). The van der Waals surface area contributed by atoms with Crippen LogP contribution in [0.5, 0.6) is 5.75 Å². The minimum atomic E-state index is -3.73. The average molecular weight is 291 g/mol. The number of hydrogen-bond acceptors (Lipinski definition) is 3. The topological polar surface area (TPSA) is 43.4 Å². The van der Waals surface area contributed by atoms with E-state index in [-0.39, 0.29) is 9.79 Å². The van der Waals surface area contributed by atoms with Crippen molar-refractivity contribution in [2.45, 2.75) is 16.2 Å². The van der Waals surface area contributed by atoms with Gasteiger partial charge in [0.1, 0.15) is 11.6 Å². The van der Waals surface area contributed by atoms with Crippen molar-refractivity contribution < 1.29 is 17.5 Å². The van der Waals surface area contributed by atoms with E-state index >= 15 is 0 Å². The van der Waals surface area contributed by atoms with Gasteiger partial charge < -0.3 is 4.74 Å². The zero-order valence-corrected chi connectivity index (χ0v) is 11.4. The van der Waals surface area contributed by atoms with E-state index < -0.39 is 15.7 Å². The van der Waals surface area contributed by atoms with E-state index in [9.17, 15) is 12.8 Å². The third-order valence-corrected chi connectivity index (χ3v) is 4.89. The van der Waals surface area contributed by atoms with E-state index in [1.54, 1.807) is 6.07 Å². The number of sulfone groups is 1. The van der Waals surface area contributed by atoms with Gasteiger partial charge in [-0.3, -0.25) is 0 Å². The van der Waals surface area contributed by atoms with Crippen LogP contribution in [0.3, 0.4) is 0 Å². The molecular weight excluding hydrogens is 279 g/mol. The number of rotatable bonds is 2. The highest BCUT2D eigenvalue weighted by Crippen LogP contribution is 2.31. The van der Waals surface area contributed by atoms with E-state index in [2.05, 4.69) is 0 Å². The first-order valence-corrected chi connectivity index (χ1v) is 7.66. The Balaban J connectivity index is 2.08. The summed E-state index contributed by atoms with van der Waals surface area (Å²) in [5.41, 5.74) is 0.884. The van der Waals surface area contributed by atoms with Crippen molar-refractivity contribution in [2.24, 2.45) is 0 Å². The van der Waals surface area contributed by atoms with Crippen LogP contribution in [0, 0.1) is 12.2 Å². The zero-order valence-electron chi connectivity index (χ0n) is 10.5. The van der Waals surface area contributed by atoms with Crippen LogP contribution in [0.1, 0.15) is 12.0 Å². The van der Waals surface area contributed by atoms with E-state index in [0.717, 1.165) is 18.1 Å². The van der Waals surface area contributed by atoms with Gasteiger partial charge in [-0.15, -0.1) is 0 Å². The second kappa shape index (κ2) is 4.90. The molecule has 0 aromatic heterocycles. The van der Waals surface area contributed by atoms with Gasteiger partial charge in [0.05, 0.1) is 16.4 Å². The molecule has 0 atom stereocenters. The van der Waals surface area contributed by atoms with Gasteiger partial charge in [0.25, 0.3) is 0 Å². The van der Waals surface area contributed by atoms with Gasteiger partial charge in [-0.1, -0.05) is 12.1 Å². The molecule has 2 aromatic rings. The van der Waals surface area contributed by atoms with Crippen molar-refractivity contribution in [3.63, 3.8) is 0 Å². The number of benzene rings is 2. The summed E-state index contributed by atoms with van der Waals surface area (Å²) in [4.78, 5) is 0.0504. The molecule has 0 spiro atoms. The van der Waals surface area contributed by atoms with Crippen molar-refractivity contribution in [1.29, 1.82) is 0 Å². The third kappa shape index (κ3) is 2.29. The van der Waals surface area contributed by atoms with E-state index in [0.29, 0.717) is 12.4 Å². The predicted octanol–water partition coefficient (Wildman–Crippen LogP) is 2.99. The summed E-state index contributed by atoms with van der Waals surface area (Å²) in [5, 5.41) is 0. The molecule has 1 radical (unpaired) electrons. The van der Waals surface area contributed by atoms with Gasteiger partial charge in [0, 0.05) is 0 Å². The molecule has 3 nitrogen and oxygen atoms in total. The summed E-state index contributed by atoms with van der Waals surface area (Å²) in [6, 6.07) is 9.71. The van der Waals surface area contributed by atoms with Gasteiger partial charge in [0.15, 0.2) is 0 Å². The van der Waals surface area contributed by atoms with Crippen LogP contribution < -0.4 is 4.74 Å². The second-order valence-electron chi connectivity index (χ2n) is 4.50. The number of halogens is 1. The lowest BCUT2D eigenvalue weighted by Gasteiger charge is -2.17. The molecule has 0 amide bonds. The summed E-state index contributed by atoms with van der Waals surface area (Å²) < 4.78 is 43.5. The Bertz CT molecular complexity index is 753. The molecule has 5 heteroatoms. The standard InChI is InChI=1S/C15H12FO3S/c16-12-4-1-5-13(9-12)20(17,18)14-7-6-11-3-2-8-19-15(11)10-14/h1,3-7,9-10H,2,8H2. The Kier molecular flexibility index (Phi) is 3.22. The lowest BCUT2D eigenvalue weighted by Crippen LogP contribution is -2.09. The van der Waals surface area contributed by atoms with Crippen LogP contribution in [-0.4, -0.2) is 15.0 Å². The smallest absolute Gasteiger partial charge is 0.206 e. The average Bonchev–Trinajstić information content (AvgIpc) is 2.46. The van der Waals surface area contributed by atoms with Crippen LogP contribution in [-0.2, 0) is 9.84 Å². The molecule has 1 heterocycles. The summed E-state index contributed by atoms with van der Waals surface area (Å²) in [6.45, 7) is 0.538. The lowest BCUT2D eigenvalue weighted by molar-refractivity contribution is 0.305. The van der Waals surface area contributed by atoms with Crippen LogP contribution in [0.25, 0.3) is 0 Å². The van der Waals surface area contributed by atoms with Crippen LogP contribution in [0.2, 0.25) is 0 Å². The van der Waals surface area contributed by atoms with Crippen molar-refractivity contribution in [3.8, 4) is 5.75 Å². The first-order valence-electron chi connectivity index (χ1n) is 6.18. The molecule has 0 bridgehead atoms. The first kappa shape index (κ1) is 13.1. The Hall–Kier alpha value is -1.88. The molecule has 0 saturated heterocycles. The molecule has 103 valence electrons. The summed E-state index contributed by atoms with van der Waals surface area (Å²) in [7, 11) is -3.73. The largest absolute Gasteiger partial charge is 0.493 e. The Morgan fingerprint density at radius 3 is 2.65 bits per heavy atom. The molecule has 2 aromatic carbocycles. The van der Waals surface area contributed by atoms with Crippen LogP contribution in [0.15, 0.2) is 52.3 Å². The molecule has 0 unspecified atom stereocenters. The molecule has 20 heavy (non-hydrogen) atoms. The lowest BCUT2D eigenvalue weighted by atomic mass is 10.1. The molecule has 1 aliphatic rings. The van der Waals surface area contributed by atoms with Crippen molar-refractivity contribution in [2.75, 3.05) is 6.61 Å². The van der Waals surface area contributed by atoms with Crippen molar-refractivity contribution >= 4 is 9.84 Å². The molecule has 0 N–H and O–H groups in total. The van der Waals surface area contributed by atoms with E-state index in [1.807, 2.05) is 6.42 Å². The fourth-order valence-electron chi connectivity index (χ4n) is 2.13. The van der Waals surface area contributed by atoms with Crippen LogP contribution in [0.4, 0.5) is 4.39 Å². The quantitative estimate of drug-likeness (QED) is 0.854. The number of hydrogen-bond donors (Lipinski definition) is 0. The molecule has 0 saturated carbocycles. The maximum Gasteiger partial charge on any atom is 0.206 e. The minimum absolute atomic E-state index is 0.0581. The summed E-state index contributed by atoms with van der Waals surface area (Å²) in [6.07, 6.45) is 2.81. The van der Waals surface area contributed by atoms with Gasteiger partial charge >= 0.3 is 0 Å². The van der Waals surface area contributed by atoms with E-state index in [4.69, 9.17) is 4.74 Å². The fourth-order valence-corrected chi connectivity index (χ4v) is 3.44. The van der Waals surface area contributed by atoms with Gasteiger partial charge in [-0.25, -0.2) is 12.8 Å². The van der Waals surface area contributed by atoms with Gasteiger partial charge in [-0.05, 0) is 48.7 Å². The monoisotopic (exact) mass is 291 g/mol. The molecular formula is C15H12FO3S.